The van der Waals surface area contributed by atoms with E-state index in [-0.39, 0.29) is 36.1 Å². The highest BCUT2D eigenvalue weighted by Gasteiger charge is 2.11. The Kier molecular flexibility index (Phi) is 6.13. The highest BCUT2D eigenvalue weighted by Crippen LogP contribution is 2.10. The van der Waals surface area contributed by atoms with Crippen LogP contribution in [0.25, 0.3) is 6.08 Å². The minimum absolute atomic E-state index is 0.00310. The fourth-order valence-corrected chi connectivity index (χ4v) is 1.60. The van der Waals surface area contributed by atoms with Crippen LogP contribution >= 0.6 is 0 Å². The quantitative estimate of drug-likeness (QED) is 0.700. The van der Waals surface area contributed by atoms with E-state index < -0.39 is 0 Å². The summed E-state index contributed by atoms with van der Waals surface area (Å²) in [6, 6.07) is 6.25. The van der Waals surface area contributed by atoms with Gasteiger partial charge in [0, 0.05) is 24.3 Å². The Morgan fingerprint density at radius 1 is 1.26 bits per heavy atom. The van der Waals surface area contributed by atoms with Crippen LogP contribution in [0.4, 0.5) is 4.39 Å². The Balaban J connectivity index is 2.48. The van der Waals surface area contributed by atoms with Gasteiger partial charge in [-0.1, -0.05) is 32.0 Å². The number of carbonyl (C=O) groups excluding carboxylic acids is 2. The van der Waals surface area contributed by atoms with Crippen molar-refractivity contribution in [3.63, 3.8) is 0 Å². The normalized spacial score (nSPS) is 12.6. The van der Waals surface area contributed by atoms with Gasteiger partial charge < -0.3 is 0 Å². The van der Waals surface area contributed by atoms with Crippen LogP contribution in [0.15, 0.2) is 30.3 Å². The van der Waals surface area contributed by atoms with Crippen LogP contribution in [0.3, 0.4) is 0 Å². The van der Waals surface area contributed by atoms with E-state index in [1.165, 1.54) is 18.2 Å². The first-order chi connectivity index (χ1) is 9.04. The largest absolute Gasteiger partial charge is 0.299 e. The van der Waals surface area contributed by atoms with E-state index in [1.807, 2.05) is 13.8 Å². The van der Waals surface area contributed by atoms with Gasteiger partial charge >= 0.3 is 0 Å². The van der Waals surface area contributed by atoms with Gasteiger partial charge in [-0.25, -0.2) is 4.39 Å². The predicted octanol–water partition coefficient (Wildman–Crippen LogP) is 3.80. The van der Waals surface area contributed by atoms with E-state index in [1.54, 1.807) is 18.2 Å². The molecule has 2 nitrogen and oxygen atoms in total. The molecule has 0 aliphatic rings. The van der Waals surface area contributed by atoms with Crippen molar-refractivity contribution in [3.8, 4) is 0 Å². The molecule has 19 heavy (non-hydrogen) atoms. The van der Waals surface area contributed by atoms with Crippen LogP contribution < -0.4 is 0 Å². The highest BCUT2D eigenvalue weighted by atomic mass is 19.1. The van der Waals surface area contributed by atoms with Crippen molar-refractivity contribution in [1.29, 1.82) is 0 Å². The molecule has 0 aliphatic carbocycles. The number of Topliss-reactive ketones (excluding diaryl/α,β-unsaturated/α-hetero) is 1. The van der Waals surface area contributed by atoms with Gasteiger partial charge in [0.05, 0.1) is 0 Å². The third kappa shape index (κ3) is 5.16. The van der Waals surface area contributed by atoms with Crippen LogP contribution in [0.1, 0.15) is 38.7 Å². The van der Waals surface area contributed by atoms with Crippen LogP contribution in [-0.4, -0.2) is 11.6 Å². The molecule has 1 unspecified atom stereocenters. The summed E-state index contributed by atoms with van der Waals surface area (Å²) >= 11 is 0. The van der Waals surface area contributed by atoms with E-state index in [2.05, 4.69) is 0 Å². The second-order valence-corrected chi connectivity index (χ2v) is 4.60. The average Bonchev–Trinajstić information content (AvgIpc) is 2.42. The van der Waals surface area contributed by atoms with E-state index in [0.29, 0.717) is 5.56 Å². The number of hydrogen-bond donors (Lipinski definition) is 0. The minimum Gasteiger partial charge on any atom is -0.299 e. The molecule has 1 rings (SSSR count). The maximum Gasteiger partial charge on any atom is 0.156 e. The lowest BCUT2D eigenvalue weighted by atomic mass is 9.99. The van der Waals surface area contributed by atoms with Crippen LogP contribution in [0, 0.1) is 11.7 Å². The van der Waals surface area contributed by atoms with Gasteiger partial charge in [-0.3, -0.25) is 9.59 Å². The lowest BCUT2D eigenvalue weighted by Crippen LogP contribution is -2.11. The molecule has 1 aromatic rings. The van der Waals surface area contributed by atoms with Crippen molar-refractivity contribution in [1.82, 2.24) is 0 Å². The van der Waals surface area contributed by atoms with E-state index in [9.17, 15) is 14.0 Å². The lowest BCUT2D eigenvalue weighted by Gasteiger charge is -2.05. The number of ketones is 2. The fourth-order valence-electron chi connectivity index (χ4n) is 1.60. The van der Waals surface area contributed by atoms with Crippen molar-refractivity contribution < 1.29 is 14.0 Å². The number of rotatable bonds is 7. The lowest BCUT2D eigenvalue weighted by molar-refractivity contribution is -0.124. The number of hydrogen-bond acceptors (Lipinski definition) is 2. The highest BCUT2D eigenvalue weighted by molar-refractivity contribution is 5.96. The Hall–Kier alpha value is -1.77. The summed E-state index contributed by atoms with van der Waals surface area (Å²) in [5, 5.41) is 0. The monoisotopic (exact) mass is 262 g/mol. The Morgan fingerprint density at radius 3 is 2.58 bits per heavy atom. The Labute approximate surface area is 113 Å². The maximum atomic E-state index is 13.3. The zero-order chi connectivity index (χ0) is 14.3. The summed E-state index contributed by atoms with van der Waals surface area (Å²) < 4.78 is 13.3. The first-order valence-corrected chi connectivity index (χ1v) is 6.52. The van der Waals surface area contributed by atoms with E-state index >= 15 is 0 Å². The molecule has 0 aliphatic heterocycles. The van der Waals surface area contributed by atoms with Crippen molar-refractivity contribution in [2.24, 2.45) is 5.92 Å². The molecule has 0 amide bonds. The minimum atomic E-state index is -0.359. The number of carbonyl (C=O) groups is 2. The zero-order valence-corrected chi connectivity index (χ0v) is 11.4. The maximum absolute atomic E-state index is 13.3. The molecule has 0 aromatic heterocycles. The second-order valence-electron chi connectivity index (χ2n) is 4.60. The van der Waals surface area contributed by atoms with Crippen molar-refractivity contribution in [2.75, 3.05) is 0 Å². The Bertz CT molecular complexity index is 477. The van der Waals surface area contributed by atoms with Gasteiger partial charge in [-0.2, -0.15) is 0 Å². The molecule has 1 aromatic carbocycles. The zero-order valence-electron chi connectivity index (χ0n) is 11.4. The van der Waals surface area contributed by atoms with Crippen LogP contribution in [0.2, 0.25) is 0 Å². The molecule has 0 saturated carbocycles. The molecular formula is C16H19FO2. The molecule has 1 atom stereocenters. The van der Waals surface area contributed by atoms with Gasteiger partial charge in [0.15, 0.2) is 5.78 Å². The summed E-state index contributed by atoms with van der Waals surface area (Å²) in [4.78, 5) is 23.2. The van der Waals surface area contributed by atoms with Crippen LogP contribution in [0.5, 0.6) is 0 Å². The summed E-state index contributed by atoms with van der Waals surface area (Å²) in [6.45, 7) is 3.81. The predicted molar refractivity (Wildman–Crippen MR) is 74.1 cm³/mol. The van der Waals surface area contributed by atoms with E-state index in [0.717, 1.165) is 6.42 Å². The average molecular weight is 262 g/mol. The van der Waals surface area contributed by atoms with Crippen LogP contribution in [-0.2, 0) is 9.59 Å². The molecule has 0 fully saturated rings. The van der Waals surface area contributed by atoms with Crippen molar-refractivity contribution in [2.45, 2.75) is 33.1 Å². The third-order valence-corrected chi connectivity index (χ3v) is 3.13. The smallest absolute Gasteiger partial charge is 0.156 e. The SMILES string of the molecule is CCC(C)C(=O)CCC(=O)/C=C/c1ccccc1F. The summed E-state index contributed by atoms with van der Waals surface area (Å²) in [5.41, 5.74) is 0.379. The van der Waals surface area contributed by atoms with Crippen molar-refractivity contribution in [3.05, 3.63) is 41.7 Å². The molecule has 0 saturated heterocycles. The van der Waals surface area contributed by atoms with Gasteiger partial charge in [0.1, 0.15) is 11.6 Å². The van der Waals surface area contributed by atoms with Gasteiger partial charge in [0.25, 0.3) is 0 Å². The van der Waals surface area contributed by atoms with Gasteiger partial charge in [-0.15, -0.1) is 0 Å². The molecule has 3 heteroatoms. The molecule has 0 bridgehead atoms. The molecular weight excluding hydrogens is 243 g/mol. The first kappa shape index (κ1) is 15.3. The number of benzene rings is 1. The number of halogens is 1. The molecule has 0 spiro atoms. The summed E-state index contributed by atoms with van der Waals surface area (Å²) in [7, 11) is 0. The van der Waals surface area contributed by atoms with Gasteiger partial charge in [-0.05, 0) is 24.6 Å². The Morgan fingerprint density at radius 2 is 1.95 bits per heavy atom. The standard InChI is InChI=1S/C16H19FO2/c1-3-12(2)16(19)11-10-14(18)9-8-13-6-4-5-7-15(13)17/h4-9,12H,3,10-11H2,1-2H3/b9-8+. The first-order valence-electron chi connectivity index (χ1n) is 6.52. The second kappa shape index (κ2) is 7.62. The molecule has 102 valence electrons. The van der Waals surface area contributed by atoms with Crippen molar-refractivity contribution >= 4 is 17.6 Å². The molecule has 0 heterocycles. The topological polar surface area (TPSA) is 34.1 Å². The number of allylic oxidation sites excluding steroid dienone is 1. The third-order valence-electron chi connectivity index (χ3n) is 3.13. The molecule has 0 radical (unpaired) electrons. The molecule has 0 N–H and O–H groups in total. The summed E-state index contributed by atoms with van der Waals surface area (Å²) in [5.74, 6) is -0.402. The van der Waals surface area contributed by atoms with Gasteiger partial charge in [0.2, 0.25) is 0 Å². The van der Waals surface area contributed by atoms with E-state index in [4.69, 9.17) is 0 Å². The summed E-state index contributed by atoms with van der Waals surface area (Å²) in [6.07, 6.45) is 4.02. The fraction of sp³-hybridized carbons (Fsp3) is 0.375.